The van der Waals surface area contributed by atoms with Gasteiger partial charge in [-0.25, -0.2) is 0 Å². The third kappa shape index (κ3) is 7.04. The Hall–Kier alpha value is -2.02. The predicted octanol–water partition coefficient (Wildman–Crippen LogP) is 3.40. The fraction of sp³-hybridized carbons (Fsp3) is 0.375. The molecular weight excluding hydrogens is 345 g/mol. The van der Waals surface area contributed by atoms with Crippen LogP contribution in [0.3, 0.4) is 0 Å². The quantitative estimate of drug-likeness (QED) is 0.806. The summed E-state index contributed by atoms with van der Waals surface area (Å²) in [5.41, 5.74) is -1.23. The summed E-state index contributed by atoms with van der Waals surface area (Å²) in [6.45, 7) is 5.16. The van der Waals surface area contributed by atoms with Crippen LogP contribution < -0.4 is 10.6 Å². The topological polar surface area (TPSA) is 58.2 Å². The molecule has 0 atom stereocenters. The molecule has 24 heavy (non-hydrogen) atoms. The number of carbonyl (C=O) groups is 2. The van der Waals surface area contributed by atoms with Crippen LogP contribution in [0.5, 0.6) is 0 Å². The lowest BCUT2D eigenvalue weighted by atomic mass is 10.1. The maximum Gasteiger partial charge on any atom is 0.417 e. The van der Waals surface area contributed by atoms with Crippen LogP contribution in [0, 0.1) is 0 Å². The number of hydrogen-bond donors (Lipinski definition) is 2. The molecule has 1 rings (SSSR count). The van der Waals surface area contributed by atoms with Gasteiger partial charge in [-0.1, -0.05) is 17.7 Å². The molecule has 0 saturated heterocycles. The van der Waals surface area contributed by atoms with Crippen LogP contribution in [0.2, 0.25) is 5.02 Å². The largest absolute Gasteiger partial charge is 0.417 e. The van der Waals surface area contributed by atoms with Crippen LogP contribution in [-0.4, -0.2) is 23.9 Å². The number of rotatable bonds is 4. The van der Waals surface area contributed by atoms with Crippen LogP contribution in [0.4, 0.5) is 13.2 Å². The molecule has 1 aromatic rings. The van der Waals surface area contributed by atoms with E-state index in [0.29, 0.717) is 0 Å². The van der Waals surface area contributed by atoms with E-state index in [1.807, 2.05) is 0 Å². The zero-order valence-corrected chi connectivity index (χ0v) is 14.2. The van der Waals surface area contributed by atoms with Gasteiger partial charge in [0, 0.05) is 11.6 Å². The molecule has 0 fully saturated rings. The minimum atomic E-state index is -4.58. The van der Waals surface area contributed by atoms with Gasteiger partial charge in [-0.3, -0.25) is 9.59 Å². The maximum atomic E-state index is 12.7. The lowest BCUT2D eigenvalue weighted by molar-refractivity contribution is -0.137. The minimum absolute atomic E-state index is 0.168. The van der Waals surface area contributed by atoms with E-state index in [0.717, 1.165) is 18.2 Å². The molecule has 1 aromatic carbocycles. The van der Waals surface area contributed by atoms with Crippen LogP contribution in [-0.2, 0) is 15.8 Å². The van der Waals surface area contributed by atoms with Crippen molar-refractivity contribution < 1.29 is 22.8 Å². The smallest absolute Gasteiger partial charge is 0.350 e. The Bertz CT molecular complexity index is 650. The Morgan fingerprint density at radius 3 is 2.38 bits per heavy atom. The van der Waals surface area contributed by atoms with Gasteiger partial charge in [0.15, 0.2) is 0 Å². The lowest BCUT2D eigenvalue weighted by Gasteiger charge is -2.20. The molecule has 8 heteroatoms. The molecule has 2 amide bonds. The van der Waals surface area contributed by atoms with Gasteiger partial charge in [-0.05, 0) is 44.5 Å². The van der Waals surface area contributed by atoms with E-state index in [2.05, 4.69) is 10.6 Å². The monoisotopic (exact) mass is 362 g/mol. The van der Waals surface area contributed by atoms with Crippen molar-refractivity contribution in [1.82, 2.24) is 10.6 Å². The van der Waals surface area contributed by atoms with Crippen molar-refractivity contribution in [2.75, 3.05) is 6.54 Å². The van der Waals surface area contributed by atoms with Crippen molar-refractivity contribution in [3.8, 4) is 0 Å². The molecular formula is C16H18ClF3N2O2. The van der Waals surface area contributed by atoms with Crippen molar-refractivity contribution in [2.24, 2.45) is 0 Å². The van der Waals surface area contributed by atoms with E-state index in [4.69, 9.17) is 11.6 Å². The Kier molecular flexibility index (Phi) is 6.42. The summed E-state index contributed by atoms with van der Waals surface area (Å²) in [5, 5.41) is 4.59. The highest BCUT2D eigenvalue weighted by Gasteiger charge is 2.33. The van der Waals surface area contributed by atoms with E-state index in [1.54, 1.807) is 20.8 Å². The number of nitrogens with one attached hydrogen (secondary N) is 2. The van der Waals surface area contributed by atoms with Gasteiger partial charge >= 0.3 is 6.18 Å². The molecule has 0 aromatic heterocycles. The van der Waals surface area contributed by atoms with E-state index in [-0.39, 0.29) is 18.0 Å². The van der Waals surface area contributed by atoms with Gasteiger partial charge in [0.2, 0.25) is 11.8 Å². The molecule has 2 N–H and O–H groups in total. The van der Waals surface area contributed by atoms with Crippen LogP contribution in [0.1, 0.15) is 31.9 Å². The lowest BCUT2D eigenvalue weighted by Crippen LogP contribution is -2.45. The summed E-state index contributed by atoms with van der Waals surface area (Å²) < 4.78 is 38.2. The number of halogens is 4. The average molecular weight is 363 g/mol. The van der Waals surface area contributed by atoms with Gasteiger partial charge in [-0.2, -0.15) is 13.2 Å². The second kappa shape index (κ2) is 7.70. The molecule has 0 radical (unpaired) electrons. The van der Waals surface area contributed by atoms with E-state index >= 15 is 0 Å². The highest BCUT2D eigenvalue weighted by molar-refractivity contribution is 6.31. The number of alkyl halides is 3. The molecule has 0 aliphatic carbocycles. The van der Waals surface area contributed by atoms with Crippen LogP contribution in [0.15, 0.2) is 24.3 Å². The number of benzene rings is 1. The van der Waals surface area contributed by atoms with Crippen molar-refractivity contribution in [1.29, 1.82) is 0 Å². The van der Waals surface area contributed by atoms with Gasteiger partial charge < -0.3 is 10.6 Å². The van der Waals surface area contributed by atoms with Gasteiger partial charge in [-0.15, -0.1) is 0 Å². The highest BCUT2D eigenvalue weighted by atomic mass is 35.5. The standard InChI is InChI=1S/C16H18ClF3N2O2/c1-15(2,3)22-14(24)9-21-13(23)7-5-10-4-6-12(17)11(8-10)16(18,19)20/h4-8H,9H2,1-3H3,(H,21,23)(H,22,24)/b7-5+. The first-order chi connectivity index (χ1) is 10.9. The predicted molar refractivity (Wildman–Crippen MR) is 86.4 cm³/mol. The second-order valence-electron chi connectivity index (χ2n) is 6.09. The summed E-state index contributed by atoms with van der Waals surface area (Å²) >= 11 is 5.51. The third-order valence-corrected chi connectivity index (χ3v) is 2.99. The summed E-state index contributed by atoms with van der Waals surface area (Å²) in [4.78, 5) is 23.1. The number of amides is 2. The maximum absolute atomic E-state index is 12.7. The van der Waals surface area contributed by atoms with Gasteiger partial charge in [0.25, 0.3) is 0 Å². The Balaban J connectivity index is 2.66. The first-order valence-corrected chi connectivity index (χ1v) is 7.40. The molecule has 0 heterocycles. The minimum Gasteiger partial charge on any atom is -0.350 e. The van der Waals surface area contributed by atoms with Crippen LogP contribution in [0.25, 0.3) is 6.08 Å². The van der Waals surface area contributed by atoms with E-state index in [9.17, 15) is 22.8 Å². The zero-order valence-electron chi connectivity index (χ0n) is 13.4. The molecule has 4 nitrogen and oxygen atoms in total. The van der Waals surface area contributed by atoms with Crippen molar-refractivity contribution >= 4 is 29.5 Å². The molecule has 0 bridgehead atoms. The molecule has 0 aliphatic heterocycles. The second-order valence-corrected chi connectivity index (χ2v) is 6.49. The average Bonchev–Trinajstić information content (AvgIpc) is 2.41. The third-order valence-electron chi connectivity index (χ3n) is 2.66. The first-order valence-electron chi connectivity index (χ1n) is 7.02. The first kappa shape index (κ1) is 20.0. The summed E-state index contributed by atoms with van der Waals surface area (Å²) in [6.07, 6.45) is -2.31. The molecule has 0 spiro atoms. The van der Waals surface area contributed by atoms with E-state index < -0.39 is 28.2 Å². The summed E-state index contributed by atoms with van der Waals surface area (Å²) in [5.74, 6) is -0.960. The fourth-order valence-electron chi connectivity index (χ4n) is 1.72. The number of hydrogen-bond acceptors (Lipinski definition) is 2. The summed E-state index contributed by atoms with van der Waals surface area (Å²) in [6, 6.07) is 3.31. The molecule has 0 saturated carbocycles. The fourth-order valence-corrected chi connectivity index (χ4v) is 1.95. The highest BCUT2D eigenvalue weighted by Crippen LogP contribution is 2.35. The van der Waals surface area contributed by atoms with Crippen molar-refractivity contribution in [2.45, 2.75) is 32.5 Å². The Labute approximate surface area is 143 Å². The Morgan fingerprint density at radius 1 is 1.21 bits per heavy atom. The molecule has 0 unspecified atom stereocenters. The van der Waals surface area contributed by atoms with Gasteiger partial charge in [0.05, 0.1) is 17.1 Å². The van der Waals surface area contributed by atoms with Crippen molar-refractivity contribution in [3.63, 3.8) is 0 Å². The van der Waals surface area contributed by atoms with E-state index in [1.165, 1.54) is 12.1 Å². The zero-order chi connectivity index (χ0) is 18.5. The van der Waals surface area contributed by atoms with Crippen LogP contribution >= 0.6 is 11.6 Å². The molecule has 132 valence electrons. The SMILES string of the molecule is CC(C)(C)NC(=O)CNC(=O)/C=C/c1ccc(Cl)c(C(F)(F)F)c1. The normalized spacial score (nSPS) is 12.3. The number of carbonyl (C=O) groups excluding carboxylic acids is 2. The van der Waals surface area contributed by atoms with Crippen molar-refractivity contribution in [3.05, 3.63) is 40.4 Å². The summed E-state index contributed by atoms with van der Waals surface area (Å²) in [7, 11) is 0. The molecule has 0 aliphatic rings. The Morgan fingerprint density at radius 2 is 1.83 bits per heavy atom. The van der Waals surface area contributed by atoms with Gasteiger partial charge in [0.1, 0.15) is 0 Å².